The second-order valence-electron chi connectivity index (χ2n) is 9.96. The van der Waals surface area contributed by atoms with E-state index in [4.69, 9.17) is 0 Å². The van der Waals surface area contributed by atoms with Gasteiger partial charge in [0.2, 0.25) is 0 Å². The van der Waals surface area contributed by atoms with Gasteiger partial charge in [-0.25, -0.2) is 4.68 Å². The Hall–Kier alpha value is -2.11. The Labute approximate surface area is 160 Å². The van der Waals surface area contributed by atoms with Crippen LogP contribution in [0, 0.1) is 23.7 Å². The van der Waals surface area contributed by atoms with Crippen LogP contribution in [0.25, 0.3) is 5.82 Å². The first-order chi connectivity index (χ1) is 12.9. The summed E-state index contributed by atoms with van der Waals surface area (Å²) in [6, 6.07) is 2.33. The predicted octanol–water partition coefficient (Wildman–Crippen LogP) is 3.45. The van der Waals surface area contributed by atoms with Crippen molar-refractivity contribution in [2.75, 3.05) is 0 Å². The zero-order valence-corrected chi connectivity index (χ0v) is 16.4. The number of H-pyrrole nitrogens is 1. The van der Waals surface area contributed by atoms with Gasteiger partial charge in [0.25, 0.3) is 5.91 Å². The smallest absolute Gasteiger partial charge is 0.256 e. The molecule has 0 aromatic carbocycles. The molecule has 144 valence electrons. The average Bonchev–Trinajstić information content (AvgIpc) is 3.25. The molecule has 4 bridgehead atoms. The van der Waals surface area contributed by atoms with E-state index in [1.54, 1.807) is 10.9 Å². The molecule has 0 spiro atoms. The number of carbonyl (C=O) groups is 1. The van der Waals surface area contributed by atoms with Gasteiger partial charge in [0.15, 0.2) is 5.82 Å². The topological polar surface area (TPSA) is 75.6 Å². The molecular weight excluding hydrogens is 338 g/mol. The zero-order valence-electron chi connectivity index (χ0n) is 16.4. The number of hydrogen-bond donors (Lipinski definition) is 2. The largest absolute Gasteiger partial charge is 0.349 e. The molecule has 2 heterocycles. The number of amides is 1. The molecule has 6 nitrogen and oxygen atoms in total. The Kier molecular flexibility index (Phi) is 3.75. The number of nitrogens with one attached hydrogen (secondary N) is 2. The fourth-order valence-electron chi connectivity index (χ4n) is 5.86. The summed E-state index contributed by atoms with van der Waals surface area (Å²) in [4.78, 5) is 13.1. The molecule has 6 rings (SSSR count). The fourth-order valence-corrected chi connectivity index (χ4v) is 5.86. The number of rotatable bonds is 3. The van der Waals surface area contributed by atoms with E-state index in [9.17, 15) is 4.79 Å². The van der Waals surface area contributed by atoms with Gasteiger partial charge >= 0.3 is 0 Å². The van der Waals surface area contributed by atoms with Crippen molar-refractivity contribution in [3.63, 3.8) is 0 Å². The highest BCUT2D eigenvalue weighted by Gasteiger charge is 2.48. The molecule has 0 saturated heterocycles. The zero-order chi connectivity index (χ0) is 18.8. The number of aromatic amines is 1. The van der Waals surface area contributed by atoms with Crippen LogP contribution < -0.4 is 5.32 Å². The molecular formula is C21H29N5O. The monoisotopic (exact) mass is 367 g/mol. The van der Waals surface area contributed by atoms with Crippen molar-refractivity contribution in [1.82, 2.24) is 25.3 Å². The van der Waals surface area contributed by atoms with Crippen LogP contribution in [-0.4, -0.2) is 31.9 Å². The minimum Gasteiger partial charge on any atom is -0.349 e. The lowest BCUT2D eigenvalue weighted by molar-refractivity contribution is -0.0119. The van der Waals surface area contributed by atoms with E-state index >= 15 is 0 Å². The van der Waals surface area contributed by atoms with Crippen molar-refractivity contribution in [3.8, 4) is 5.82 Å². The van der Waals surface area contributed by atoms with E-state index in [0.29, 0.717) is 29.3 Å². The molecule has 0 atom stereocenters. The van der Waals surface area contributed by atoms with Gasteiger partial charge in [-0.1, -0.05) is 20.8 Å². The second-order valence-corrected chi connectivity index (χ2v) is 9.96. The third kappa shape index (κ3) is 2.89. The summed E-state index contributed by atoms with van der Waals surface area (Å²) in [6.07, 6.45) is 10.1. The Morgan fingerprint density at radius 3 is 2.41 bits per heavy atom. The Bertz CT molecular complexity index is 830. The normalized spacial score (nSPS) is 32.0. The van der Waals surface area contributed by atoms with Crippen LogP contribution in [0.5, 0.6) is 0 Å². The molecule has 2 N–H and O–H groups in total. The average molecular weight is 367 g/mol. The SMILES string of the molecule is CC(C)(C)c1ccn(-c2[nH]ncc2C(=O)NC2C3CC4CC(C3)CC2C4)n1. The van der Waals surface area contributed by atoms with Gasteiger partial charge in [-0.3, -0.25) is 9.89 Å². The molecule has 2 aromatic rings. The van der Waals surface area contributed by atoms with Gasteiger partial charge in [-0.05, 0) is 61.8 Å². The number of hydrogen-bond acceptors (Lipinski definition) is 3. The molecule has 2 aromatic heterocycles. The molecule has 1 amide bonds. The van der Waals surface area contributed by atoms with Crippen molar-refractivity contribution in [1.29, 1.82) is 0 Å². The third-order valence-corrected chi connectivity index (χ3v) is 6.97. The van der Waals surface area contributed by atoms with E-state index in [0.717, 1.165) is 17.5 Å². The fraction of sp³-hybridized carbons (Fsp3) is 0.667. The van der Waals surface area contributed by atoms with Crippen molar-refractivity contribution in [2.24, 2.45) is 23.7 Å². The minimum atomic E-state index is -0.0337. The third-order valence-electron chi connectivity index (χ3n) is 6.97. The first-order valence-electron chi connectivity index (χ1n) is 10.3. The van der Waals surface area contributed by atoms with Crippen LogP contribution in [0.3, 0.4) is 0 Å². The molecule has 4 aliphatic carbocycles. The van der Waals surface area contributed by atoms with Crippen molar-refractivity contribution in [3.05, 3.63) is 29.7 Å². The standard InChI is InChI=1S/C21H29N5O/c1-21(2,3)17-4-5-26(25-17)19-16(11-22-24-19)20(27)23-18-14-7-12-6-13(9-14)10-15(18)8-12/h4-5,11-15,18H,6-10H2,1-3H3,(H,22,24)(H,23,27). The maximum Gasteiger partial charge on any atom is 0.256 e. The van der Waals surface area contributed by atoms with Gasteiger partial charge in [0.05, 0.1) is 11.9 Å². The van der Waals surface area contributed by atoms with E-state index in [2.05, 4.69) is 41.4 Å². The summed E-state index contributed by atoms with van der Waals surface area (Å²) >= 11 is 0. The lowest BCUT2D eigenvalue weighted by Gasteiger charge is -2.54. The highest BCUT2D eigenvalue weighted by atomic mass is 16.1. The maximum atomic E-state index is 13.1. The summed E-state index contributed by atoms with van der Waals surface area (Å²) < 4.78 is 1.74. The van der Waals surface area contributed by atoms with Gasteiger partial charge in [-0.15, -0.1) is 0 Å². The highest BCUT2D eigenvalue weighted by Crippen LogP contribution is 2.53. The predicted molar refractivity (Wildman–Crippen MR) is 103 cm³/mol. The van der Waals surface area contributed by atoms with Crippen LogP contribution in [0.4, 0.5) is 0 Å². The number of aromatic nitrogens is 4. The lowest BCUT2D eigenvalue weighted by atomic mass is 9.54. The van der Waals surface area contributed by atoms with E-state index < -0.39 is 0 Å². The van der Waals surface area contributed by atoms with Crippen LogP contribution >= 0.6 is 0 Å². The van der Waals surface area contributed by atoms with Crippen molar-refractivity contribution in [2.45, 2.75) is 64.3 Å². The molecule has 27 heavy (non-hydrogen) atoms. The van der Waals surface area contributed by atoms with Crippen LogP contribution in [-0.2, 0) is 5.41 Å². The summed E-state index contributed by atoms with van der Waals surface area (Å²) in [5.41, 5.74) is 1.53. The van der Waals surface area contributed by atoms with Gasteiger partial charge in [0, 0.05) is 17.7 Å². The van der Waals surface area contributed by atoms with Crippen LogP contribution in [0.15, 0.2) is 18.5 Å². The quantitative estimate of drug-likeness (QED) is 0.872. The van der Waals surface area contributed by atoms with Gasteiger partial charge in [-0.2, -0.15) is 10.2 Å². The van der Waals surface area contributed by atoms with Gasteiger partial charge in [0.1, 0.15) is 5.56 Å². The summed E-state index contributed by atoms with van der Waals surface area (Å²) in [5, 5.41) is 15.1. The maximum absolute atomic E-state index is 13.1. The summed E-state index contributed by atoms with van der Waals surface area (Å²) in [7, 11) is 0. The molecule has 0 radical (unpaired) electrons. The molecule has 6 heteroatoms. The number of nitrogens with zero attached hydrogens (tertiary/aromatic N) is 3. The van der Waals surface area contributed by atoms with Crippen LogP contribution in [0.1, 0.15) is 68.9 Å². The number of carbonyl (C=O) groups excluding carboxylic acids is 1. The lowest BCUT2D eigenvalue weighted by Crippen LogP contribution is -2.55. The van der Waals surface area contributed by atoms with E-state index in [1.807, 2.05) is 12.3 Å². The minimum absolute atomic E-state index is 0.0240. The van der Waals surface area contributed by atoms with E-state index in [1.165, 1.54) is 32.1 Å². The molecule has 0 aliphatic heterocycles. The summed E-state index contributed by atoms with van der Waals surface area (Å²) in [5.74, 6) is 3.77. The van der Waals surface area contributed by atoms with Crippen molar-refractivity contribution < 1.29 is 4.79 Å². The Balaban J connectivity index is 1.36. The van der Waals surface area contributed by atoms with E-state index in [-0.39, 0.29) is 11.3 Å². The van der Waals surface area contributed by atoms with Crippen LogP contribution in [0.2, 0.25) is 0 Å². The second kappa shape index (κ2) is 5.94. The Morgan fingerprint density at radius 1 is 1.15 bits per heavy atom. The molecule has 0 unspecified atom stereocenters. The molecule has 4 saturated carbocycles. The first-order valence-corrected chi connectivity index (χ1v) is 10.3. The Morgan fingerprint density at radius 2 is 1.81 bits per heavy atom. The van der Waals surface area contributed by atoms with Crippen molar-refractivity contribution >= 4 is 5.91 Å². The summed E-state index contributed by atoms with van der Waals surface area (Å²) in [6.45, 7) is 6.39. The molecule has 4 fully saturated rings. The first kappa shape index (κ1) is 17.0. The van der Waals surface area contributed by atoms with Gasteiger partial charge < -0.3 is 5.32 Å². The molecule has 4 aliphatic rings. The highest BCUT2D eigenvalue weighted by molar-refractivity contribution is 5.97.